The summed E-state index contributed by atoms with van der Waals surface area (Å²) in [6.07, 6.45) is 17.5. The lowest BCUT2D eigenvalue weighted by atomic mass is 9.48. The van der Waals surface area contributed by atoms with Crippen molar-refractivity contribution in [3.8, 4) is 0 Å². The van der Waals surface area contributed by atoms with Crippen LogP contribution in [0.25, 0.3) is 0 Å². The maximum atomic E-state index is 2.62. The van der Waals surface area contributed by atoms with Crippen LogP contribution in [-0.2, 0) is 0 Å². The van der Waals surface area contributed by atoms with Crippen LogP contribution >= 0.6 is 0 Å². The summed E-state index contributed by atoms with van der Waals surface area (Å²) < 4.78 is 0. The van der Waals surface area contributed by atoms with Gasteiger partial charge in [0.25, 0.3) is 0 Å². The largest absolute Gasteiger partial charge is 0.0879 e. The van der Waals surface area contributed by atoms with E-state index in [-0.39, 0.29) is 0 Å². The molecule has 0 nitrogen and oxygen atoms in total. The van der Waals surface area contributed by atoms with E-state index in [9.17, 15) is 0 Å². The molecule has 0 N–H and O–H groups in total. The molecule has 4 saturated carbocycles. The Morgan fingerprint density at radius 2 is 1.74 bits per heavy atom. The number of fused-ring (bicyclic) bond motifs is 5. The molecular weight excluding hydrogens is 276 g/mol. The van der Waals surface area contributed by atoms with Gasteiger partial charge in [-0.05, 0) is 105 Å². The summed E-state index contributed by atoms with van der Waals surface area (Å²) in [4.78, 5) is 0. The van der Waals surface area contributed by atoms with Gasteiger partial charge in [0.2, 0.25) is 0 Å². The van der Waals surface area contributed by atoms with E-state index in [0.717, 1.165) is 29.6 Å². The molecule has 0 aromatic rings. The minimum absolute atomic E-state index is 0.579. The summed E-state index contributed by atoms with van der Waals surface area (Å²) in [6.45, 7) is 9.91. The number of allylic oxidation sites excluding steroid dienone is 2. The van der Waals surface area contributed by atoms with Gasteiger partial charge in [-0.25, -0.2) is 0 Å². The zero-order chi connectivity index (χ0) is 16.2. The third-order valence-corrected chi connectivity index (χ3v) is 9.40. The van der Waals surface area contributed by atoms with Crippen LogP contribution in [0.4, 0.5) is 0 Å². The molecule has 4 aliphatic carbocycles. The highest BCUT2D eigenvalue weighted by molar-refractivity contribution is 5.23. The van der Waals surface area contributed by atoms with Crippen molar-refractivity contribution < 1.29 is 0 Å². The Morgan fingerprint density at radius 1 is 0.957 bits per heavy atom. The van der Waals surface area contributed by atoms with E-state index in [1.165, 1.54) is 32.1 Å². The lowest BCUT2D eigenvalue weighted by molar-refractivity contribution is -0.0619. The molecule has 0 spiro atoms. The van der Waals surface area contributed by atoms with Crippen LogP contribution in [0.2, 0.25) is 0 Å². The molecule has 0 amide bonds. The fraction of sp³-hybridized carbons (Fsp3) is 0.913. The summed E-state index contributed by atoms with van der Waals surface area (Å²) in [5.74, 6) is 5.34. The molecule has 0 aliphatic heterocycles. The monoisotopic (exact) mass is 314 g/mol. The average molecular weight is 315 g/mol. The quantitative estimate of drug-likeness (QED) is 0.457. The molecule has 4 rings (SSSR count). The second-order valence-electron chi connectivity index (χ2n) is 10.2. The van der Waals surface area contributed by atoms with Crippen molar-refractivity contribution in [3.05, 3.63) is 11.6 Å². The first-order valence-electron chi connectivity index (χ1n) is 10.7. The molecule has 7 unspecified atom stereocenters. The van der Waals surface area contributed by atoms with Crippen molar-refractivity contribution in [2.24, 2.45) is 40.4 Å². The Bertz CT molecular complexity index is 488. The van der Waals surface area contributed by atoms with E-state index in [1.54, 1.807) is 32.1 Å². The van der Waals surface area contributed by atoms with E-state index in [1.807, 2.05) is 5.57 Å². The van der Waals surface area contributed by atoms with Gasteiger partial charge in [-0.15, -0.1) is 0 Å². The van der Waals surface area contributed by atoms with Crippen LogP contribution in [-0.4, -0.2) is 0 Å². The lowest BCUT2D eigenvalue weighted by Gasteiger charge is -2.57. The molecule has 0 bridgehead atoms. The van der Waals surface area contributed by atoms with Crippen molar-refractivity contribution in [1.82, 2.24) is 0 Å². The number of hydrogen-bond acceptors (Lipinski definition) is 0. The molecule has 7 atom stereocenters. The van der Waals surface area contributed by atoms with Crippen LogP contribution in [0, 0.1) is 40.4 Å². The topological polar surface area (TPSA) is 0 Å². The molecule has 23 heavy (non-hydrogen) atoms. The number of rotatable bonds is 1. The van der Waals surface area contributed by atoms with E-state index in [4.69, 9.17) is 0 Å². The first kappa shape index (κ1) is 16.2. The van der Waals surface area contributed by atoms with Crippen LogP contribution < -0.4 is 0 Å². The minimum Gasteiger partial charge on any atom is -0.0879 e. The van der Waals surface area contributed by atoms with Crippen LogP contribution in [0.1, 0.15) is 91.9 Å². The zero-order valence-corrected chi connectivity index (χ0v) is 16.0. The molecule has 0 aromatic carbocycles. The van der Waals surface area contributed by atoms with Gasteiger partial charge in [0.05, 0.1) is 0 Å². The molecule has 4 fully saturated rings. The average Bonchev–Trinajstić information content (AvgIpc) is 2.90. The van der Waals surface area contributed by atoms with Crippen LogP contribution in [0.3, 0.4) is 0 Å². The molecule has 0 saturated heterocycles. The van der Waals surface area contributed by atoms with Crippen molar-refractivity contribution in [2.75, 3.05) is 0 Å². The fourth-order valence-corrected chi connectivity index (χ4v) is 7.83. The molecular formula is C23H38. The van der Waals surface area contributed by atoms with E-state index in [0.29, 0.717) is 10.8 Å². The Kier molecular flexibility index (Phi) is 3.97. The highest BCUT2D eigenvalue weighted by atomic mass is 14.6. The Morgan fingerprint density at radius 3 is 2.48 bits per heavy atom. The summed E-state index contributed by atoms with van der Waals surface area (Å²) in [6, 6.07) is 0. The Hall–Kier alpha value is -0.260. The Balaban J connectivity index is 1.55. The molecule has 0 radical (unpaired) electrons. The molecule has 0 heteroatoms. The molecule has 4 aliphatic rings. The summed E-state index contributed by atoms with van der Waals surface area (Å²) in [5, 5.41) is 0. The van der Waals surface area contributed by atoms with Gasteiger partial charge >= 0.3 is 0 Å². The molecule has 0 aromatic heterocycles. The van der Waals surface area contributed by atoms with Gasteiger partial charge < -0.3 is 0 Å². The number of hydrogen-bond donors (Lipinski definition) is 0. The standard InChI is InChI=1S/C23H38/c1-5-17-8-10-21-20-9-7-16-15-22(3,6-2)13-11-18(16)19(20)12-14-23(17,21)4/h5,16,18-21H,6-15H2,1-4H3/b17-5-. The van der Waals surface area contributed by atoms with Gasteiger partial charge in [0, 0.05) is 0 Å². The van der Waals surface area contributed by atoms with Gasteiger partial charge in [0.1, 0.15) is 0 Å². The molecule has 0 heterocycles. The smallest absolute Gasteiger partial charge is 0.00853 e. The van der Waals surface area contributed by atoms with E-state index >= 15 is 0 Å². The van der Waals surface area contributed by atoms with Crippen LogP contribution in [0.15, 0.2) is 11.6 Å². The van der Waals surface area contributed by atoms with E-state index < -0.39 is 0 Å². The zero-order valence-electron chi connectivity index (χ0n) is 16.0. The third-order valence-electron chi connectivity index (χ3n) is 9.40. The van der Waals surface area contributed by atoms with Crippen molar-refractivity contribution in [2.45, 2.75) is 91.9 Å². The third kappa shape index (κ3) is 2.37. The van der Waals surface area contributed by atoms with Crippen LogP contribution in [0.5, 0.6) is 0 Å². The van der Waals surface area contributed by atoms with Crippen molar-refractivity contribution >= 4 is 0 Å². The summed E-state index contributed by atoms with van der Waals surface area (Å²) >= 11 is 0. The Labute approximate surface area is 144 Å². The van der Waals surface area contributed by atoms with Gasteiger partial charge in [-0.1, -0.05) is 38.8 Å². The summed E-state index contributed by atoms with van der Waals surface area (Å²) in [7, 11) is 0. The second kappa shape index (κ2) is 5.63. The lowest BCUT2D eigenvalue weighted by Crippen LogP contribution is -2.48. The summed E-state index contributed by atoms with van der Waals surface area (Å²) in [5.41, 5.74) is 3.06. The first-order chi connectivity index (χ1) is 11.0. The predicted octanol–water partition coefficient (Wildman–Crippen LogP) is 7.00. The SMILES string of the molecule is C/C=C1/CCC2C3CCC4CC(C)(CC)CCC4C3CCC12C. The first-order valence-corrected chi connectivity index (χ1v) is 10.7. The predicted molar refractivity (Wildman–Crippen MR) is 99.3 cm³/mol. The normalized spacial score (nSPS) is 54.4. The van der Waals surface area contributed by atoms with Gasteiger partial charge in [-0.3, -0.25) is 0 Å². The molecule has 130 valence electrons. The van der Waals surface area contributed by atoms with Gasteiger partial charge in [-0.2, -0.15) is 0 Å². The fourth-order valence-electron chi connectivity index (χ4n) is 7.83. The maximum Gasteiger partial charge on any atom is -0.00853 e. The second-order valence-corrected chi connectivity index (χ2v) is 10.2. The van der Waals surface area contributed by atoms with Crippen molar-refractivity contribution in [1.29, 1.82) is 0 Å². The highest BCUT2D eigenvalue weighted by Crippen LogP contribution is 2.65. The van der Waals surface area contributed by atoms with Crippen molar-refractivity contribution in [3.63, 3.8) is 0 Å². The van der Waals surface area contributed by atoms with Gasteiger partial charge in [0.15, 0.2) is 0 Å². The highest BCUT2D eigenvalue weighted by Gasteiger charge is 2.55. The maximum absolute atomic E-state index is 2.62. The van der Waals surface area contributed by atoms with E-state index in [2.05, 4.69) is 33.8 Å². The minimum atomic E-state index is 0.579.